The van der Waals surface area contributed by atoms with E-state index in [1.807, 2.05) is 0 Å². The van der Waals surface area contributed by atoms with E-state index in [2.05, 4.69) is 10.1 Å². The maximum atomic E-state index is 14.2. The van der Waals surface area contributed by atoms with Crippen molar-refractivity contribution in [3.05, 3.63) is 29.1 Å². The molecule has 1 aromatic carbocycles. The first kappa shape index (κ1) is 17.1. The molecule has 0 saturated heterocycles. The Bertz CT molecular complexity index is 624. The van der Waals surface area contributed by atoms with Crippen molar-refractivity contribution in [1.29, 1.82) is 0 Å². The summed E-state index contributed by atoms with van der Waals surface area (Å²) in [5.74, 6) is -1.09. The fourth-order valence-corrected chi connectivity index (χ4v) is 2.34. The average Bonchev–Trinajstić information content (AvgIpc) is 2.45. The number of amides is 1. The van der Waals surface area contributed by atoms with Crippen LogP contribution in [0.25, 0.3) is 0 Å². The number of ether oxygens (including phenoxy) is 3. The van der Waals surface area contributed by atoms with E-state index in [1.165, 1.54) is 13.2 Å². The highest BCUT2D eigenvalue weighted by atomic mass is 19.1. The number of benzene rings is 1. The molecule has 0 fully saturated rings. The minimum absolute atomic E-state index is 0.101. The number of esters is 1. The van der Waals surface area contributed by atoms with Gasteiger partial charge in [-0.2, -0.15) is 0 Å². The number of halogens is 1. The van der Waals surface area contributed by atoms with Gasteiger partial charge in [-0.05, 0) is 32.9 Å². The first-order chi connectivity index (χ1) is 10.7. The molecule has 0 aromatic heterocycles. The summed E-state index contributed by atoms with van der Waals surface area (Å²) in [7, 11) is 1.23. The molecule has 0 saturated carbocycles. The van der Waals surface area contributed by atoms with Gasteiger partial charge in [0.15, 0.2) is 0 Å². The molecule has 0 bridgehead atoms. The molecule has 6 nitrogen and oxygen atoms in total. The highest BCUT2D eigenvalue weighted by Gasteiger charge is 2.31. The summed E-state index contributed by atoms with van der Waals surface area (Å²) in [6.07, 6.45) is -0.286. The van der Waals surface area contributed by atoms with Gasteiger partial charge in [-0.15, -0.1) is 0 Å². The van der Waals surface area contributed by atoms with E-state index in [9.17, 15) is 14.0 Å². The van der Waals surface area contributed by atoms with Crippen molar-refractivity contribution in [2.45, 2.75) is 38.8 Å². The number of hydrogen-bond acceptors (Lipinski definition) is 5. The van der Waals surface area contributed by atoms with Gasteiger partial charge in [0.2, 0.25) is 0 Å². The van der Waals surface area contributed by atoms with E-state index < -0.39 is 29.5 Å². The number of carbonyl (C=O) groups is 2. The Morgan fingerprint density at radius 2 is 2.04 bits per heavy atom. The van der Waals surface area contributed by atoms with Crippen LogP contribution < -0.4 is 10.1 Å². The molecule has 1 aliphatic heterocycles. The molecule has 7 heteroatoms. The van der Waals surface area contributed by atoms with E-state index in [0.717, 1.165) is 6.07 Å². The minimum Gasteiger partial charge on any atom is -0.492 e. The SMILES string of the molecule is COC(=O)c1ccc(F)c2c1OCC[C@@H]2NC(=O)OC(C)(C)C. The van der Waals surface area contributed by atoms with E-state index in [0.29, 0.717) is 6.42 Å². The Labute approximate surface area is 133 Å². The molecule has 1 heterocycles. The number of alkyl carbamates (subject to hydrolysis) is 1. The smallest absolute Gasteiger partial charge is 0.408 e. The lowest BCUT2D eigenvalue weighted by Crippen LogP contribution is -2.37. The second-order valence-corrected chi connectivity index (χ2v) is 6.17. The van der Waals surface area contributed by atoms with Crippen LogP contribution >= 0.6 is 0 Å². The minimum atomic E-state index is -0.662. The molecule has 23 heavy (non-hydrogen) atoms. The summed E-state index contributed by atoms with van der Waals surface area (Å²) < 4.78 is 29.5. The topological polar surface area (TPSA) is 73.9 Å². The standard InChI is InChI=1S/C16H20FNO5/c1-16(2,3)23-15(20)18-11-7-8-22-13-9(14(19)21-4)5-6-10(17)12(11)13/h5-6,11H,7-8H2,1-4H3,(H,18,20)/t11-/m0/s1. The number of rotatable bonds is 2. The van der Waals surface area contributed by atoms with Gasteiger partial charge < -0.3 is 19.5 Å². The zero-order valence-electron chi connectivity index (χ0n) is 13.6. The van der Waals surface area contributed by atoms with E-state index in [4.69, 9.17) is 9.47 Å². The van der Waals surface area contributed by atoms with Gasteiger partial charge in [-0.3, -0.25) is 0 Å². The van der Waals surface area contributed by atoms with Crippen molar-refractivity contribution in [3.8, 4) is 5.75 Å². The number of hydrogen-bond donors (Lipinski definition) is 1. The molecule has 1 aromatic rings. The van der Waals surface area contributed by atoms with Crippen molar-refractivity contribution in [2.75, 3.05) is 13.7 Å². The van der Waals surface area contributed by atoms with Crippen LogP contribution in [0.3, 0.4) is 0 Å². The van der Waals surface area contributed by atoms with Crippen LogP contribution in [0.15, 0.2) is 12.1 Å². The van der Waals surface area contributed by atoms with Crippen molar-refractivity contribution in [1.82, 2.24) is 5.32 Å². The van der Waals surface area contributed by atoms with E-state index in [-0.39, 0.29) is 23.5 Å². The summed E-state index contributed by atoms with van der Waals surface area (Å²) in [5.41, 5.74) is -0.408. The van der Waals surface area contributed by atoms with Gasteiger partial charge in [-0.1, -0.05) is 0 Å². The average molecular weight is 325 g/mol. The number of methoxy groups -OCH3 is 1. The van der Waals surface area contributed by atoms with Crippen molar-refractivity contribution in [2.24, 2.45) is 0 Å². The molecule has 1 aliphatic rings. The maximum Gasteiger partial charge on any atom is 0.408 e. The largest absolute Gasteiger partial charge is 0.492 e. The van der Waals surface area contributed by atoms with Crippen LogP contribution in [-0.4, -0.2) is 31.4 Å². The second kappa shape index (κ2) is 6.44. The van der Waals surface area contributed by atoms with E-state index >= 15 is 0 Å². The highest BCUT2D eigenvalue weighted by molar-refractivity contribution is 5.93. The lowest BCUT2D eigenvalue weighted by atomic mass is 9.97. The Balaban J connectivity index is 2.31. The fourth-order valence-electron chi connectivity index (χ4n) is 2.34. The predicted octanol–water partition coefficient (Wildman–Crippen LogP) is 2.96. The van der Waals surface area contributed by atoms with Crippen LogP contribution in [0.5, 0.6) is 5.75 Å². The molecule has 0 radical (unpaired) electrons. The molecule has 1 atom stereocenters. The lowest BCUT2D eigenvalue weighted by Gasteiger charge is -2.29. The monoisotopic (exact) mass is 325 g/mol. The van der Waals surface area contributed by atoms with Crippen molar-refractivity contribution in [3.63, 3.8) is 0 Å². The summed E-state index contributed by atoms with van der Waals surface area (Å²) in [5, 5.41) is 2.62. The van der Waals surface area contributed by atoms with Crippen LogP contribution in [0.2, 0.25) is 0 Å². The molecular weight excluding hydrogens is 305 g/mol. The second-order valence-electron chi connectivity index (χ2n) is 6.17. The van der Waals surface area contributed by atoms with Crippen LogP contribution in [0.1, 0.15) is 49.2 Å². The molecule has 0 unspecified atom stereocenters. The fraction of sp³-hybridized carbons (Fsp3) is 0.500. The molecule has 2 rings (SSSR count). The van der Waals surface area contributed by atoms with Crippen LogP contribution in [0.4, 0.5) is 9.18 Å². The van der Waals surface area contributed by atoms with E-state index in [1.54, 1.807) is 20.8 Å². The first-order valence-corrected chi connectivity index (χ1v) is 7.26. The third-order valence-corrected chi connectivity index (χ3v) is 3.24. The first-order valence-electron chi connectivity index (χ1n) is 7.26. The summed E-state index contributed by atoms with van der Waals surface area (Å²) in [4.78, 5) is 23.7. The highest BCUT2D eigenvalue weighted by Crippen LogP contribution is 2.37. The van der Waals surface area contributed by atoms with Crippen molar-refractivity contribution < 1.29 is 28.2 Å². The molecule has 0 spiro atoms. The zero-order chi connectivity index (χ0) is 17.2. The normalized spacial score (nSPS) is 16.8. The Kier molecular flexibility index (Phi) is 4.77. The quantitative estimate of drug-likeness (QED) is 0.846. The Morgan fingerprint density at radius 3 is 2.65 bits per heavy atom. The third kappa shape index (κ3) is 3.91. The van der Waals surface area contributed by atoms with Gasteiger partial charge in [0.1, 0.15) is 22.7 Å². The molecule has 1 N–H and O–H groups in total. The van der Waals surface area contributed by atoms with Crippen LogP contribution in [-0.2, 0) is 9.47 Å². The lowest BCUT2D eigenvalue weighted by molar-refractivity contribution is 0.0489. The van der Waals surface area contributed by atoms with Gasteiger partial charge in [0.25, 0.3) is 0 Å². The summed E-state index contributed by atoms with van der Waals surface area (Å²) in [6.45, 7) is 5.45. The summed E-state index contributed by atoms with van der Waals surface area (Å²) in [6, 6.07) is 1.82. The van der Waals surface area contributed by atoms with Crippen LogP contribution in [0, 0.1) is 5.82 Å². The predicted molar refractivity (Wildman–Crippen MR) is 80.0 cm³/mol. The third-order valence-electron chi connectivity index (χ3n) is 3.24. The number of nitrogens with one attached hydrogen (secondary N) is 1. The number of fused-ring (bicyclic) bond motifs is 1. The van der Waals surface area contributed by atoms with Gasteiger partial charge in [0.05, 0.1) is 25.3 Å². The van der Waals surface area contributed by atoms with Crippen molar-refractivity contribution >= 4 is 12.1 Å². The maximum absolute atomic E-state index is 14.2. The Morgan fingerprint density at radius 1 is 1.35 bits per heavy atom. The number of carbonyl (C=O) groups excluding carboxylic acids is 2. The molecule has 1 amide bonds. The molecular formula is C16H20FNO5. The summed E-state index contributed by atoms with van der Waals surface area (Å²) >= 11 is 0. The van der Waals surface area contributed by atoms with Gasteiger partial charge >= 0.3 is 12.1 Å². The molecule has 126 valence electrons. The molecule has 0 aliphatic carbocycles. The van der Waals surface area contributed by atoms with Gasteiger partial charge in [-0.25, -0.2) is 14.0 Å². The zero-order valence-corrected chi connectivity index (χ0v) is 13.6. The Hall–Kier alpha value is -2.31. The van der Waals surface area contributed by atoms with Gasteiger partial charge in [0, 0.05) is 6.42 Å².